The van der Waals surface area contributed by atoms with Gasteiger partial charge in [0.25, 0.3) is 17.4 Å². The molecule has 3 aliphatic heterocycles. The van der Waals surface area contributed by atoms with Gasteiger partial charge in [-0.15, -0.1) is 0 Å². The van der Waals surface area contributed by atoms with Gasteiger partial charge in [0, 0.05) is 51.1 Å². The highest BCUT2D eigenvalue weighted by molar-refractivity contribution is 6.34. The average Bonchev–Trinajstić information content (AvgIpc) is 3.55. The van der Waals surface area contributed by atoms with E-state index in [4.69, 9.17) is 16.3 Å². The molecule has 0 bridgehead atoms. The Bertz CT molecular complexity index is 1260. The van der Waals surface area contributed by atoms with E-state index in [1.54, 1.807) is 24.1 Å². The highest BCUT2D eigenvalue weighted by Crippen LogP contribution is 2.42. The molecule has 3 fully saturated rings. The zero-order valence-corrected chi connectivity index (χ0v) is 24.4. The van der Waals surface area contributed by atoms with Crippen molar-refractivity contribution in [1.29, 1.82) is 0 Å². The number of carbonyl (C=O) groups excluding carboxylic acids is 2. The highest BCUT2D eigenvalue weighted by atomic mass is 35.5. The van der Waals surface area contributed by atoms with Crippen LogP contribution in [0.5, 0.6) is 0 Å². The molecule has 11 heteroatoms. The van der Waals surface area contributed by atoms with Crippen LogP contribution in [-0.2, 0) is 15.1 Å². The molecule has 42 heavy (non-hydrogen) atoms. The first-order chi connectivity index (χ1) is 20.0. The van der Waals surface area contributed by atoms with Crippen molar-refractivity contribution in [2.24, 2.45) is 11.8 Å². The van der Waals surface area contributed by atoms with E-state index >= 15 is 0 Å². The van der Waals surface area contributed by atoms with E-state index in [0.717, 1.165) is 55.1 Å². The van der Waals surface area contributed by atoms with Gasteiger partial charge in [0.2, 0.25) is 0 Å². The van der Waals surface area contributed by atoms with Crippen molar-refractivity contribution in [3.63, 3.8) is 0 Å². The molecule has 3 saturated heterocycles. The summed E-state index contributed by atoms with van der Waals surface area (Å²) >= 11 is 6.56. The predicted octanol–water partition coefficient (Wildman–Crippen LogP) is 5.11. The number of piperidine rings is 2. The Labute approximate surface area is 249 Å². The Morgan fingerprint density at radius 2 is 1.57 bits per heavy atom. The van der Waals surface area contributed by atoms with E-state index < -0.39 is 23.2 Å². The smallest absolute Gasteiger partial charge is 0.379 e. The zero-order chi connectivity index (χ0) is 30.1. The number of aliphatic hydroxyl groups is 1. The highest BCUT2D eigenvalue weighted by Gasteiger charge is 2.62. The summed E-state index contributed by atoms with van der Waals surface area (Å²) in [6.45, 7) is 3.15. The maximum Gasteiger partial charge on any atom is 0.430 e. The summed E-state index contributed by atoms with van der Waals surface area (Å²) in [7, 11) is 1.77. The van der Waals surface area contributed by atoms with Crippen molar-refractivity contribution in [3.05, 3.63) is 64.7 Å². The van der Waals surface area contributed by atoms with Crippen LogP contribution in [0.25, 0.3) is 0 Å². The van der Waals surface area contributed by atoms with Crippen molar-refractivity contribution in [2.75, 3.05) is 51.3 Å². The molecule has 2 aromatic carbocycles. The lowest BCUT2D eigenvalue weighted by molar-refractivity contribution is -0.262. The molecule has 0 aromatic heterocycles. The van der Waals surface area contributed by atoms with Crippen molar-refractivity contribution in [1.82, 2.24) is 9.80 Å². The van der Waals surface area contributed by atoms with Crippen LogP contribution in [0.3, 0.4) is 0 Å². The van der Waals surface area contributed by atoms with Crippen LogP contribution in [-0.4, -0.2) is 85.4 Å². The minimum Gasteiger partial charge on any atom is -0.379 e. The summed E-state index contributed by atoms with van der Waals surface area (Å²) in [5.41, 5.74) is -2.61. The van der Waals surface area contributed by atoms with E-state index in [2.05, 4.69) is 4.90 Å². The second-order valence-electron chi connectivity index (χ2n) is 11.6. The summed E-state index contributed by atoms with van der Waals surface area (Å²) in [5, 5.41) is 11.1. The minimum atomic E-state index is -5.13. The first-order valence-corrected chi connectivity index (χ1v) is 14.9. The second-order valence-corrected chi connectivity index (χ2v) is 12.0. The van der Waals surface area contributed by atoms with Crippen LogP contribution in [0.1, 0.15) is 48.0 Å². The second kappa shape index (κ2) is 12.4. The number of nitrogens with zero attached hydrogens (tertiary/aromatic N) is 3. The Morgan fingerprint density at radius 1 is 0.952 bits per heavy atom. The number of carbonyl (C=O) groups is 2. The molecule has 3 aliphatic rings. The van der Waals surface area contributed by atoms with Gasteiger partial charge in [-0.2, -0.15) is 13.2 Å². The number of likely N-dealkylation sites (tertiary alicyclic amines) is 1. The Morgan fingerprint density at radius 3 is 2.12 bits per heavy atom. The van der Waals surface area contributed by atoms with Crippen LogP contribution < -0.4 is 4.90 Å². The number of alkyl halides is 3. The SMILES string of the molecule is CN(C(=O)c1ccc(N2CCC(C3CCN(C(=O)C(O)(c4ccccc4)C(F)(F)F)CC3)CC2)cc1Cl)C1CCOC1. The summed E-state index contributed by atoms with van der Waals surface area (Å²) in [5.74, 6) is -0.739. The normalized spacial score (nSPS) is 22.2. The summed E-state index contributed by atoms with van der Waals surface area (Å²) in [6, 6.07) is 12.2. The molecule has 0 spiro atoms. The first kappa shape index (κ1) is 30.6. The molecule has 7 nitrogen and oxygen atoms in total. The van der Waals surface area contributed by atoms with Crippen molar-refractivity contribution in [2.45, 2.75) is 49.9 Å². The van der Waals surface area contributed by atoms with Crippen molar-refractivity contribution >= 4 is 29.1 Å². The fourth-order valence-corrected chi connectivity index (χ4v) is 6.83. The third-order valence-electron chi connectivity index (χ3n) is 9.27. The molecule has 0 aliphatic carbocycles. The van der Waals surface area contributed by atoms with Gasteiger partial charge in [0.05, 0.1) is 23.2 Å². The number of benzene rings is 2. The molecule has 2 atom stereocenters. The fraction of sp³-hybridized carbons (Fsp3) is 0.548. The summed E-state index contributed by atoms with van der Waals surface area (Å²) in [4.78, 5) is 31.1. The summed E-state index contributed by atoms with van der Waals surface area (Å²) in [6.07, 6.45) is -1.30. The maximum atomic E-state index is 14.0. The number of halogens is 4. The van der Waals surface area contributed by atoms with Gasteiger partial charge >= 0.3 is 6.18 Å². The molecule has 1 N–H and O–H groups in total. The molecular formula is C31H37ClF3N3O4. The van der Waals surface area contributed by atoms with Crippen LogP contribution in [0.2, 0.25) is 5.02 Å². The maximum absolute atomic E-state index is 14.0. The Balaban J connectivity index is 1.15. The van der Waals surface area contributed by atoms with Gasteiger partial charge in [-0.25, -0.2) is 0 Å². The van der Waals surface area contributed by atoms with Crippen molar-refractivity contribution in [3.8, 4) is 0 Å². The van der Waals surface area contributed by atoms with Gasteiger partial charge in [-0.05, 0) is 62.1 Å². The van der Waals surface area contributed by atoms with Gasteiger partial charge in [-0.1, -0.05) is 41.9 Å². The molecule has 2 amide bonds. The number of anilines is 1. The van der Waals surface area contributed by atoms with Crippen LogP contribution in [0.15, 0.2) is 48.5 Å². The molecule has 5 rings (SSSR count). The molecular weight excluding hydrogens is 571 g/mol. The van der Waals surface area contributed by atoms with E-state index in [-0.39, 0.29) is 25.0 Å². The van der Waals surface area contributed by atoms with Gasteiger partial charge in [0.1, 0.15) is 0 Å². The number of rotatable bonds is 6. The molecule has 0 radical (unpaired) electrons. The van der Waals surface area contributed by atoms with E-state index in [0.29, 0.717) is 48.5 Å². The van der Waals surface area contributed by atoms with E-state index in [9.17, 15) is 27.9 Å². The molecule has 228 valence electrons. The topological polar surface area (TPSA) is 73.3 Å². The van der Waals surface area contributed by atoms with Crippen LogP contribution >= 0.6 is 11.6 Å². The third-order valence-corrected chi connectivity index (χ3v) is 9.58. The standard InChI is InChI=1S/C31H37ClF3N3O4/c1-36(25-13-18-42-20-25)28(39)26-8-7-24(19-27(26)32)37-14-9-21(10-15-37)22-11-16-38(17-12-22)29(40)30(41,31(33,34)35)23-5-3-2-4-6-23/h2-8,19,21-22,25,41H,9-18,20H2,1H3. The van der Waals surface area contributed by atoms with E-state index in [1.807, 2.05) is 12.1 Å². The van der Waals surface area contributed by atoms with Crippen LogP contribution in [0, 0.1) is 11.8 Å². The zero-order valence-electron chi connectivity index (χ0n) is 23.7. The number of hydrogen-bond donors (Lipinski definition) is 1. The molecule has 2 aromatic rings. The van der Waals surface area contributed by atoms with Gasteiger partial charge in [-0.3, -0.25) is 9.59 Å². The van der Waals surface area contributed by atoms with Crippen molar-refractivity contribution < 1.29 is 32.6 Å². The number of amides is 2. The average molecular weight is 608 g/mol. The lowest BCUT2D eigenvalue weighted by Gasteiger charge is -2.42. The van der Waals surface area contributed by atoms with Crippen LogP contribution in [0.4, 0.5) is 18.9 Å². The van der Waals surface area contributed by atoms with Gasteiger partial charge < -0.3 is 24.5 Å². The lowest BCUT2D eigenvalue weighted by Crippen LogP contribution is -2.57. The predicted molar refractivity (Wildman–Crippen MR) is 153 cm³/mol. The first-order valence-electron chi connectivity index (χ1n) is 14.5. The monoisotopic (exact) mass is 607 g/mol. The largest absolute Gasteiger partial charge is 0.430 e. The number of likely N-dealkylation sites (N-methyl/N-ethyl adjacent to an activating group) is 1. The Hall–Kier alpha value is -2.82. The third kappa shape index (κ3) is 5.98. The quantitative estimate of drug-likeness (QED) is 0.494. The molecule has 3 heterocycles. The lowest BCUT2D eigenvalue weighted by atomic mass is 9.78. The molecule has 2 unspecified atom stereocenters. The number of hydrogen-bond acceptors (Lipinski definition) is 5. The van der Waals surface area contributed by atoms with E-state index in [1.165, 1.54) is 12.1 Å². The fourth-order valence-electron chi connectivity index (χ4n) is 6.58. The Kier molecular flexibility index (Phi) is 9.06. The minimum absolute atomic E-state index is 0.0527. The molecule has 0 saturated carbocycles. The van der Waals surface area contributed by atoms with Gasteiger partial charge in [0.15, 0.2) is 0 Å². The summed E-state index contributed by atoms with van der Waals surface area (Å²) < 4.78 is 47.4. The number of ether oxygens (including phenoxy) is 1.